The Bertz CT molecular complexity index is 1050. The van der Waals surface area contributed by atoms with Gasteiger partial charge >= 0.3 is 0 Å². The van der Waals surface area contributed by atoms with Crippen LogP contribution in [0.5, 0.6) is 11.5 Å². The average Bonchev–Trinajstić information content (AvgIpc) is 3.28. The number of carbonyl (C=O) groups is 1. The fourth-order valence-corrected chi connectivity index (χ4v) is 4.46. The molecule has 150 valence electrons. The van der Waals surface area contributed by atoms with Gasteiger partial charge in [0.15, 0.2) is 0 Å². The lowest BCUT2D eigenvalue weighted by Gasteiger charge is -2.13. The molecule has 0 aliphatic carbocycles. The number of ether oxygens (including phenoxy) is 2. The largest absolute Gasteiger partial charge is 0.492 e. The number of carbonyl (C=O) groups excluding carboxylic acids is 1. The molecule has 0 fully saturated rings. The van der Waals surface area contributed by atoms with Crippen LogP contribution < -0.4 is 14.8 Å². The maximum absolute atomic E-state index is 12.6. The van der Waals surface area contributed by atoms with E-state index in [1.807, 2.05) is 55.6 Å². The number of fused-ring (bicyclic) bond motifs is 1. The summed E-state index contributed by atoms with van der Waals surface area (Å²) in [7, 11) is 0. The number of rotatable bonds is 6. The van der Waals surface area contributed by atoms with Crippen LogP contribution in [-0.2, 0) is 17.6 Å². The molecule has 1 N–H and O–H groups in total. The molecule has 1 amide bonds. The van der Waals surface area contributed by atoms with Crippen molar-refractivity contribution in [3.63, 3.8) is 0 Å². The molecule has 0 bridgehead atoms. The summed E-state index contributed by atoms with van der Waals surface area (Å²) >= 11 is 7.72. The summed E-state index contributed by atoms with van der Waals surface area (Å²) in [5.41, 5.74) is 3.29. The monoisotopic (exact) mass is 428 g/mol. The van der Waals surface area contributed by atoms with E-state index in [1.54, 1.807) is 0 Å². The molecule has 4 rings (SSSR count). The van der Waals surface area contributed by atoms with Crippen molar-refractivity contribution in [3.05, 3.63) is 58.1 Å². The SMILES string of the molecule is CCOc1cc2c(cc1NC(=O)Cc1csc(-c3ccccc3Cl)n1)OC(C)C2. The van der Waals surface area contributed by atoms with Gasteiger partial charge in [-0.3, -0.25) is 4.79 Å². The van der Waals surface area contributed by atoms with E-state index in [2.05, 4.69) is 10.3 Å². The number of aromatic nitrogens is 1. The first-order valence-corrected chi connectivity index (χ1v) is 10.7. The first-order chi connectivity index (χ1) is 14.0. The third kappa shape index (κ3) is 4.38. The Balaban J connectivity index is 1.49. The second-order valence-corrected chi connectivity index (χ2v) is 8.14. The Morgan fingerprint density at radius 1 is 1.38 bits per heavy atom. The second kappa shape index (κ2) is 8.43. The molecule has 3 aromatic rings. The number of nitrogens with zero attached hydrogens (tertiary/aromatic N) is 1. The molecule has 0 saturated heterocycles. The number of hydrogen-bond donors (Lipinski definition) is 1. The summed E-state index contributed by atoms with van der Waals surface area (Å²) in [5, 5.41) is 6.27. The topological polar surface area (TPSA) is 60.5 Å². The minimum absolute atomic E-state index is 0.128. The Morgan fingerprint density at radius 3 is 3.00 bits per heavy atom. The predicted octanol–water partition coefficient (Wildman–Crippen LogP) is 5.37. The van der Waals surface area contributed by atoms with Crippen molar-refractivity contribution in [2.24, 2.45) is 0 Å². The summed E-state index contributed by atoms with van der Waals surface area (Å²) < 4.78 is 11.5. The van der Waals surface area contributed by atoms with Gasteiger partial charge < -0.3 is 14.8 Å². The van der Waals surface area contributed by atoms with Crippen LogP contribution in [0.4, 0.5) is 5.69 Å². The second-order valence-electron chi connectivity index (χ2n) is 6.87. The fourth-order valence-electron chi connectivity index (χ4n) is 3.32. The van der Waals surface area contributed by atoms with Crippen molar-refractivity contribution in [2.75, 3.05) is 11.9 Å². The Labute approximate surface area is 178 Å². The van der Waals surface area contributed by atoms with Gasteiger partial charge in [0.25, 0.3) is 0 Å². The predicted molar refractivity (Wildman–Crippen MR) is 116 cm³/mol. The lowest BCUT2D eigenvalue weighted by atomic mass is 10.1. The standard InChI is InChI=1S/C22H21ClN2O3S/c1-3-27-20-9-14-8-13(2)28-19(14)11-18(20)25-21(26)10-15-12-29-22(24-15)16-6-4-5-7-17(16)23/h4-7,9,11-13H,3,8,10H2,1-2H3,(H,25,26). The highest BCUT2D eigenvalue weighted by molar-refractivity contribution is 7.13. The Morgan fingerprint density at radius 2 is 2.21 bits per heavy atom. The number of halogens is 1. The molecule has 1 aromatic heterocycles. The van der Waals surface area contributed by atoms with Crippen LogP contribution in [0.2, 0.25) is 5.02 Å². The Kier molecular flexibility index (Phi) is 5.74. The zero-order valence-electron chi connectivity index (χ0n) is 16.2. The van der Waals surface area contributed by atoms with Crippen LogP contribution in [0.1, 0.15) is 25.1 Å². The lowest BCUT2D eigenvalue weighted by molar-refractivity contribution is -0.115. The molecule has 0 spiro atoms. The normalized spacial score (nSPS) is 14.9. The third-order valence-electron chi connectivity index (χ3n) is 4.57. The first-order valence-electron chi connectivity index (χ1n) is 9.49. The molecular weight excluding hydrogens is 408 g/mol. The van der Waals surface area contributed by atoms with E-state index < -0.39 is 0 Å². The van der Waals surface area contributed by atoms with Gasteiger partial charge in [0, 0.05) is 29.0 Å². The molecule has 0 saturated carbocycles. The van der Waals surface area contributed by atoms with E-state index in [-0.39, 0.29) is 18.4 Å². The van der Waals surface area contributed by atoms with E-state index >= 15 is 0 Å². The van der Waals surface area contributed by atoms with E-state index in [1.165, 1.54) is 11.3 Å². The summed E-state index contributed by atoms with van der Waals surface area (Å²) in [5.74, 6) is 1.30. The van der Waals surface area contributed by atoms with Crippen molar-refractivity contribution in [3.8, 4) is 22.1 Å². The van der Waals surface area contributed by atoms with Gasteiger partial charge in [0.1, 0.15) is 22.6 Å². The van der Waals surface area contributed by atoms with Gasteiger partial charge in [-0.25, -0.2) is 4.98 Å². The van der Waals surface area contributed by atoms with E-state index in [9.17, 15) is 4.79 Å². The Hall–Kier alpha value is -2.57. The minimum Gasteiger partial charge on any atom is -0.492 e. The van der Waals surface area contributed by atoms with Crippen LogP contribution in [0, 0.1) is 0 Å². The molecule has 2 heterocycles. The smallest absolute Gasteiger partial charge is 0.230 e. The van der Waals surface area contributed by atoms with Crippen molar-refractivity contribution >= 4 is 34.5 Å². The van der Waals surface area contributed by atoms with Gasteiger partial charge in [-0.2, -0.15) is 0 Å². The molecule has 7 heteroatoms. The zero-order chi connectivity index (χ0) is 20.4. The molecule has 1 aliphatic heterocycles. The number of amides is 1. The van der Waals surface area contributed by atoms with Crippen molar-refractivity contribution in [1.82, 2.24) is 4.98 Å². The first kappa shape index (κ1) is 19.7. The highest BCUT2D eigenvalue weighted by Crippen LogP contribution is 2.38. The summed E-state index contributed by atoms with van der Waals surface area (Å²) in [6, 6.07) is 11.3. The maximum atomic E-state index is 12.6. The number of thiazole rings is 1. The highest BCUT2D eigenvalue weighted by Gasteiger charge is 2.23. The molecule has 1 atom stereocenters. The van der Waals surface area contributed by atoms with Crippen LogP contribution in [-0.4, -0.2) is 23.6 Å². The average molecular weight is 429 g/mol. The van der Waals surface area contributed by atoms with E-state index in [0.29, 0.717) is 28.8 Å². The molecule has 5 nitrogen and oxygen atoms in total. The molecule has 1 unspecified atom stereocenters. The molecular formula is C22H21ClN2O3S. The number of benzene rings is 2. The van der Waals surface area contributed by atoms with Crippen LogP contribution >= 0.6 is 22.9 Å². The third-order valence-corrected chi connectivity index (χ3v) is 5.82. The quantitative estimate of drug-likeness (QED) is 0.573. The minimum atomic E-state index is -0.159. The van der Waals surface area contributed by atoms with Gasteiger partial charge in [-0.1, -0.05) is 29.8 Å². The maximum Gasteiger partial charge on any atom is 0.230 e. The van der Waals surface area contributed by atoms with Crippen molar-refractivity contribution in [2.45, 2.75) is 32.8 Å². The van der Waals surface area contributed by atoms with Crippen molar-refractivity contribution < 1.29 is 14.3 Å². The van der Waals surface area contributed by atoms with Crippen LogP contribution in [0.25, 0.3) is 10.6 Å². The van der Waals surface area contributed by atoms with E-state index in [0.717, 1.165) is 28.3 Å². The summed E-state index contributed by atoms with van der Waals surface area (Å²) in [4.78, 5) is 17.2. The fraction of sp³-hybridized carbons (Fsp3) is 0.273. The molecule has 1 aliphatic rings. The van der Waals surface area contributed by atoms with Crippen LogP contribution in [0.3, 0.4) is 0 Å². The molecule has 29 heavy (non-hydrogen) atoms. The van der Waals surface area contributed by atoms with Gasteiger partial charge in [-0.05, 0) is 26.0 Å². The lowest BCUT2D eigenvalue weighted by Crippen LogP contribution is -2.15. The number of hydrogen-bond acceptors (Lipinski definition) is 5. The highest BCUT2D eigenvalue weighted by atomic mass is 35.5. The summed E-state index contributed by atoms with van der Waals surface area (Å²) in [6.45, 7) is 4.46. The number of nitrogens with one attached hydrogen (secondary N) is 1. The number of anilines is 1. The van der Waals surface area contributed by atoms with Gasteiger partial charge in [-0.15, -0.1) is 11.3 Å². The summed E-state index contributed by atoms with van der Waals surface area (Å²) in [6.07, 6.45) is 1.14. The van der Waals surface area contributed by atoms with Crippen molar-refractivity contribution in [1.29, 1.82) is 0 Å². The zero-order valence-corrected chi connectivity index (χ0v) is 17.8. The van der Waals surface area contributed by atoms with E-state index in [4.69, 9.17) is 21.1 Å². The molecule has 2 aromatic carbocycles. The molecule has 0 radical (unpaired) electrons. The van der Waals surface area contributed by atoms with Gasteiger partial charge in [0.05, 0.1) is 29.4 Å². The van der Waals surface area contributed by atoms with Gasteiger partial charge in [0.2, 0.25) is 5.91 Å². The van der Waals surface area contributed by atoms with Crippen LogP contribution in [0.15, 0.2) is 41.8 Å².